The lowest BCUT2D eigenvalue weighted by Crippen LogP contribution is -2.41. The van der Waals surface area contributed by atoms with Crippen LogP contribution >= 0.6 is 0 Å². The van der Waals surface area contributed by atoms with Crippen LogP contribution in [0, 0.1) is 0 Å². The van der Waals surface area contributed by atoms with E-state index in [1.165, 1.54) is 23.2 Å². The third-order valence-corrected chi connectivity index (χ3v) is 9.33. The van der Waals surface area contributed by atoms with Crippen molar-refractivity contribution in [3.63, 3.8) is 0 Å². The smallest absolute Gasteiger partial charge is 0.191 e. The number of benzene rings is 1. The van der Waals surface area contributed by atoms with Gasteiger partial charge in [0.1, 0.15) is 0 Å². The minimum absolute atomic E-state index is 0.308. The van der Waals surface area contributed by atoms with Crippen LogP contribution in [-0.4, -0.2) is 21.5 Å². The van der Waals surface area contributed by atoms with Crippen molar-refractivity contribution in [3.05, 3.63) is 29.3 Å². The van der Waals surface area contributed by atoms with Gasteiger partial charge in [0.2, 0.25) is 0 Å². The summed E-state index contributed by atoms with van der Waals surface area (Å²) in [7, 11) is -1.58. The van der Waals surface area contributed by atoms with E-state index in [1.54, 1.807) is 0 Å². The molecule has 0 aromatic heterocycles. The molecule has 1 N–H and O–H groups in total. The molecular formula is C17H29NOSi. The van der Waals surface area contributed by atoms with Gasteiger partial charge in [0.25, 0.3) is 0 Å². The number of rotatable bonds is 5. The van der Waals surface area contributed by atoms with Crippen LogP contribution in [-0.2, 0) is 17.3 Å². The average Bonchev–Trinajstić information content (AvgIpc) is 2.82. The molecule has 0 saturated carbocycles. The number of anilines is 1. The summed E-state index contributed by atoms with van der Waals surface area (Å²) in [5.41, 5.74) is 4.33. The zero-order chi connectivity index (χ0) is 14.8. The van der Waals surface area contributed by atoms with E-state index < -0.39 is 8.32 Å². The number of fused-ring (bicyclic) bond motifs is 1. The third kappa shape index (κ3) is 3.44. The van der Waals surface area contributed by atoms with Gasteiger partial charge in [-0.25, -0.2) is 0 Å². The number of hydrogen-bond donors (Lipinski definition) is 1. The minimum atomic E-state index is -1.58. The minimum Gasteiger partial charge on any atom is -0.417 e. The molecule has 3 heteroatoms. The predicted octanol–water partition coefficient (Wildman–Crippen LogP) is 4.61. The fourth-order valence-corrected chi connectivity index (χ4v) is 3.51. The molecule has 20 heavy (non-hydrogen) atoms. The van der Waals surface area contributed by atoms with Gasteiger partial charge in [-0.3, -0.25) is 0 Å². The maximum Gasteiger partial charge on any atom is 0.191 e. The van der Waals surface area contributed by atoms with Crippen molar-refractivity contribution in [2.75, 3.05) is 18.5 Å². The topological polar surface area (TPSA) is 21.3 Å². The van der Waals surface area contributed by atoms with E-state index in [-0.39, 0.29) is 0 Å². The zero-order valence-corrected chi connectivity index (χ0v) is 14.7. The van der Waals surface area contributed by atoms with Crippen LogP contribution in [0.1, 0.15) is 38.3 Å². The van der Waals surface area contributed by atoms with Crippen molar-refractivity contribution in [2.45, 2.75) is 58.2 Å². The quantitative estimate of drug-likeness (QED) is 0.632. The summed E-state index contributed by atoms with van der Waals surface area (Å²) < 4.78 is 6.25. The van der Waals surface area contributed by atoms with Gasteiger partial charge in [-0.15, -0.1) is 0 Å². The molecule has 0 atom stereocenters. The number of aryl methyl sites for hydroxylation is 1. The Hall–Kier alpha value is -0.803. The number of para-hydroxylation sites is 1. The summed E-state index contributed by atoms with van der Waals surface area (Å²) in [4.78, 5) is 0. The van der Waals surface area contributed by atoms with Gasteiger partial charge in [-0.05, 0) is 48.5 Å². The van der Waals surface area contributed by atoms with Gasteiger partial charge in [-0.1, -0.05) is 39.0 Å². The highest BCUT2D eigenvalue weighted by Gasteiger charge is 2.36. The van der Waals surface area contributed by atoms with Crippen molar-refractivity contribution in [1.82, 2.24) is 0 Å². The molecule has 1 aromatic rings. The van der Waals surface area contributed by atoms with Crippen LogP contribution in [0.15, 0.2) is 18.2 Å². The third-order valence-electron chi connectivity index (χ3n) is 4.79. The molecule has 2 nitrogen and oxygen atoms in total. The summed E-state index contributed by atoms with van der Waals surface area (Å²) in [6.45, 7) is 13.5. The molecule has 2 rings (SSSR count). The monoisotopic (exact) mass is 291 g/mol. The standard InChI is InChI=1S/C17H29NOSi/c1-17(2,3)20(4,5)19-13-7-10-14-8-6-9-15-11-12-18-16(14)15/h6,8-9,18H,7,10-13H2,1-5H3. The van der Waals surface area contributed by atoms with Gasteiger partial charge in [0.05, 0.1) is 0 Å². The average molecular weight is 292 g/mol. The molecule has 1 heterocycles. The largest absolute Gasteiger partial charge is 0.417 e. The summed E-state index contributed by atoms with van der Waals surface area (Å²) in [6.07, 6.45) is 3.40. The Kier molecular flexibility index (Phi) is 4.60. The van der Waals surface area contributed by atoms with E-state index in [9.17, 15) is 0 Å². The predicted molar refractivity (Wildman–Crippen MR) is 90.1 cm³/mol. The van der Waals surface area contributed by atoms with Gasteiger partial charge in [0, 0.05) is 18.8 Å². The molecule has 0 fully saturated rings. The van der Waals surface area contributed by atoms with E-state index >= 15 is 0 Å². The van der Waals surface area contributed by atoms with E-state index in [1.807, 2.05) is 0 Å². The molecule has 0 amide bonds. The first-order valence-corrected chi connectivity index (χ1v) is 10.7. The molecule has 0 unspecified atom stereocenters. The fourth-order valence-electron chi connectivity index (χ4n) is 2.43. The van der Waals surface area contributed by atoms with E-state index in [4.69, 9.17) is 4.43 Å². The second-order valence-electron chi connectivity index (χ2n) is 7.34. The van der Waals surface area contributed by atoms with Crippen LogP contribution in [0.5, 0.6) is 0 Å². The van der Waals surface area contributed by atoms with Gasteiger partial charge < -0.3 is 9.74 Å². The summed E-state index contributed by atoms with van der Waals surface area (Å²) >= 11 is 0. The van der Waals surface area contributed by atoms with Crippen LogP contribution < -0.4 is 5.32 Å². The lowest BCUT2D eigenvalue weighted by atomic mass is 10.0. The second-order valence-corrected chi connectivity index (χ2v) is 12.1. The molecule has 0 saturated heterocycles. The van der Waals surface area contributed by atoms with E-state index in [2.05, 4.69) is 57.4 Å². The van der Waals surface area contributed by atoms with Crippen molar-refractivity contribution in [3.8, 4) is 0 Å². The van der Waals surface area contributed by atoms with Crippen LogP contribution in [0.2, 0.25) is 18.1 Å². The van der Waals surface area contributed by atoms with Gasteiger partial charge in [0.15, 0.2) is 8.32 Å². The Labute approximate surface area is 125 Å². The highest BCUT2D eigenvalue weighted by atomic mass is 28.4. The zero-order valence-electron chi connectivity index (χ0n) is 13.7. The fraction of sp³-hybridized carbons (Fsp3) is 0.647. The number of hydrogen-bond acceptors (Lipinski definition) is 2. The first-order chi connectivity index (χ1) is 9.31. The van der Waals surface area contributed by atoms with Crippen molar-refractivity contribution in [1.29, 1.82) is 0 Å². The molecule has 1 aliphatic heterocycles. The van der Waals surface area contributed by atoms with Crippen molar-refractivity contribution >= 4 is 14.0 Å². The molecule has 1 aliphatic rings. The van der Waals surface area contributed by atoms with Gasteiger partial charge >= 0.3 is 0 Å². The molecule has 0 aliphatic carbocycles. The lowest BCUT2D eigenvalue weighted by Gasteiger charge is -2.36. The van der Waals surface area contributed by atoms with Crippen LogP contribution in [0.3, 0.4) is 0 Å². The second kappa shape index (κ2) is 5.90. The lowest BCUT2D eigenvalue weighted by molar-refractivity contribution is 0.282. The molecule has 1 aromatic carbocycles. The maximum atomic E-state index is 6.25. The molecule has 112 valence electrons. The first-order valence-electron chi connectivity index (χ1n) is 7.80. The Balaban J connectivity index is 1.84. The summed E-state index contributed by atoms with van der Waals surface area (Å²) in [6, 6.07) is 6.68. The SMILES string of the molecule is CC(C)(C)[Si](C)(C)OCCCc1cccc2c1NCC2. The molecule has 0 spiro atoms. The van der Waals surface area contributed by atoms with Crippen LogP contribution in [0.25, 0.3) is 0 Å². The number of nitrogens with one attached hydrogen (secondary N) is 1. The summed E-state index contributed by atoms with van der Waals surface area (Å²) in [5.74, 6) is 0. The van der Waals surface area contributed by atoms with Crippen molar-refractivity contribution in [2.24, 2.45) is 0 Å². The highest BCUT2D eigenvalue weighted by Crippen LogP contribution is 2.36. The van der Waals surface area contributed by atoms with E-state index in [0.29, 0.717) is 5.04 Å². The highest BCUT2D eigenvalue weighted by molar-refractivity contribution is 6.74. The normalized spacial score (nSPS) is 15.1. The molecule has 0 bridgehead atoms. The van der Waals surface area contributed by atoms with Crippen LogP contribution in [0.4, 0.5) is 5.69 Å². The molecule has 0 radical (unpaired) electrons. The Morgan fingerprint density at radius 2 is 2.00 bits per heavy atom. The van der Waals surface area contributed by atoms with Gasteiger partial charge in [-0.2, -0.15) is 0 Å². The Morgan fingerprint density at radius 1 is 1.25 bits per heavy atom. The maximum absolute atomic E-state index is 6.25. The van der Waals surface area contributed by atoms with E-state index in [0.717, 1.165) is 26.0 Å². The Morgan fingerprint density at radius 3 is 2.70 bits per heavy atom. The first kappa shape index (κ1) is 15.6. The Bertz CT molecular complexity index is 463. The molecular weight excluding hydrogens is 262 g/mol. The summed E-state index contributed by atoms with van der Waals surface area (Å²) in [5, 5.41) is 3.83. The van der Waals surface area contributed by atoms with Crippen molar-refractivity contribution < 1.29 is 4.43 Å².